The molecule has 94 valence electrons. The molecule has 0 aromatic heterocycles. The lowest BCUT2D eigenvalue weighted by atomic mass is 10.0. The van der Waals surface area contributed by atoms with Gasteiger partial charge in [-0.25, -0.2) is 0 Å². The van der Waals surface area contributed by atoms with E-state index in [9.17, 15) is 18.0 Å². The number of ether oxygens (including phenoxy) is 1. The lowest BCUT2D eigenvalue weighted by Crippen LogP contribution is -2.19. The van der Waals surface area contributed by atoms with Gasteiger partial charge >= 0.3 is 12.3 Å². The number of carbonyl (C=O) groups is 1. The van der Waals surface area contributed by atoms with Gasteiger partial charge in [0.2, 0.25) is 0 Å². The maximum atomic E-state index is 12.1. The fourth-order valence-electron chi connectivity index (χ4n) is 1.31. The first kappa shape index (κ1) is 13.3. The summed E-state index contributed by atoms with van der Waals surface area (Å²) in [5.74, 6) is -2.19. The Balaban J connectivity index is 2.88. The summed E-state index contributed by atoms with van der Waals surface area (Å²) < 4.78 is 40.1. The monoisotopic (exact) mass is 248 g/mol. The third kappa shape index (κ3) is 4.34. The molecule has 1 atom stereocenters. The molecule has 0 aliphatic carbocycles. The highest BCUT2D eigenvalue weighted by atomic mass is 19.4. The van der Waals surface area contributed by atoms with Gasteiger partial charge in [0.1, 0.15) is 5.75 Å². The smallest absolute Gasteiger partial charge is 0.481 e. The van der Waals surface area contributed by atoms with Gasteiger partial charge in [-0.15, -0.1) is 13.2 Å². The highest BCUT2D eigenvalue weighted by molar-refractivity contribution is 5.70. The average molecular weight is 248 g/mol. The second-order valence-corrected chi connectivity index (χ2v) is 3.60. The molecule has 0 bridgehead atoms. The zero-order valence-corrected chi connectivity index (χ0v) is 8.99. The Morgan fingerprint density at radius 2 is 2.00 bits per heavy atom. The second kappa shape index (κ2) is 5.07. The molecule has 0 heterocycles. The molecule has 17 heavy (non-hydrogen) atoms. The molecular formula is C11H11F3O3. The van der Waals surface area contributed by atoms with Crippen LogP contribution in [0.4, 0.5) is 13.2 Å². The standard InChI is InChI=1S/C11H11F3O3/c1-7(10(15)16)6-8-4-2-3-5-9(8)17-11(12,13)14/h2-5,7H,6H2,1H3,(H,15,16). The normalized spacial score (nSPS) is 13.2. The van der Waals surface area contributed by atoms with E-state index in [0.29, 0.717) is 0 Å². The second-order valence-electron chi connectivity index (χ2n) is 3.60. The summed E-state index contributed by atoms with van der Waals surface area (Å²) in [5, 5.41) is 8.70. The first-order chi connectivity index (χ1) is 7.79. The number of benzene rings is 1. The van der Waals surface area contributed by atoms with Crippen molar-refractivity contribution in [2.45, 2.75) is 19.7 Å². The first-order valence-electron chi connectivity index (χ1n) is 4.86. The van der Waals surface area contributed by atoms with E-state index in [4.69, 9.17) is 5.11 Å². The highest BCUT2D eigenvalue weighted by Gasteiger charge is 2.32. The van der Waals surface area contributed by atoms with Crippen LogP contribution in [0.5, 0.6) is 5.75 Å². The Labute approximate surface area is 95.8 Å². The number of alkyl halides is 3. The Morgan fingerprint density at radius 1 is 1.41 bits per heavy atom. The Morgan fingerprint density at radius 3 is 2.53 bits per heavy atom. The molecule has 0 saturated heterocycles. The van der Waals surface area contributed by atoms with Crippen LogP contribution in [0.2, 0.25) is 0 Å². The predicted octanol–water partition coefficient (Wildman–Crippen LogP) is 2.85. The molecule has 1 aromatic carbocycles. The van der Waals surface area contributed by atoms with E-state index in [1.807, 2.05) is 0 Å². The summed E-state index contributed by atoms with van der Waals surface area (Å²) in [4.78, 5) is 10.6. The lowest BCUT2D eigenvalue weighted by molar-refractivity contribution is -0.274. The summed E-state index contributed by atoms with van der Waals surface area (Å²) in [6.45, 7) is 1.42. The largest absolute Gasteiger partial charge is 0.573 e. The van der Waals surface area contributed by atoms with E-state index < -0.39 is 18.2 Å². The predicted molar refractivity (Wildman–Crippen MR) is 53.6 cm³/mol. The number of hydrogen-bond acceptors (Lipinski definition) is 2. The van der Waals surface area contributed by atoms with Gasteiger partial charge < -0.3 is 9.84 Å². The third-order valence-corrected chi connectivity index (χ3v) is 2.15. The molecule has 3 nitrogen and oxygen atoms in total. The van der Waals surface area contributed by atoms with Crippen molar-refractivity contribution >= 4 is 5.97 Å². The molecule has 1 N–H and O–H groups in total. The number of carboxylic acids is 1. The number of halogens is 3. The Hall–Kier alpha value is -1.72. The molecule has 1 aromatic rings. The van der Waals surface area contributed by atoms with Gasteiger partial charge in [-0.2, -0.15) is 0 Å². The summed E-state index contributed by atoms with van der Waals surface area (Å²) in [7, 11) is 0. The maximum Gasteiger partial charge on any atom is 0.573 e. The molecule has 1 unspecified atom stereocenters. The summed E-state index contributed by atoms with van der Waals surface area (Å²) in [6.07, 6.45) is -4.79. The van der Waals surface area contributed by atoms with Gasteiger partial charge in [-0.1, -0.05) is 25.1 Å². The van der Waals surface area contributed by atoms with Crippen molar-refractivity contribution in [3.63, 3.8) is 0 Å². The molecule has 1 rings (SSSR count). The van der Waals surface area contributed by atoms with Crippen LogP contribution < -0.4 is 4.74 Å². The molecule has 0 fully saturated rings. The van der Waals surface area contributed by atoms with Gasteiger partial charge in [0.05, 0.1) is 5.92 Å². The van der Waals surface area contributed by atoms with Crippen molar-refractivity contribution in [1.82, 2.24) is 0 Å². The van der Waals surface area contributed by atoms with Crippen LogP contribution >= 0.6 is 0 Å². The van der Waals surface area contributed by atoms with Gasteiger partial charge in [0, 0.05) is 0 Å². The maximum absolute atomic E-state index is 12.1. The Kier molecular flexibility index (Phi) is 3.98. The molecule has 0 aliphatic rings. The van der Waals surface area contributed by atoms with E-state index in [1.54, 1.807) is 0 Å². The van der Waals surface area contributed by atoms with Crippen LogP contribution in [0.1, 0.15) is 12.5 Å². The van der Waals surface area contributed by atoms with Crippen molar-refractivity contribution in [1.29, 1.82) is 0 Å². The quantitative estimate of drug-likeness (QED) is 0.891. The third-order valence-electron chi connectivity index (χ3n) is 2.15. The Bertz CT molecular complexity index is 401. The van der Waals surface area contributed by atoms with E-state index in [-0.39, 0.29) is 17.7 Å². The molecule has 0 radical (unpaired) electrons. The minimum absolute atomic E-state index is 0.0123. The van der Waals surface area contributed by atoms with E-state index >= 15 is 0 Å². The van der Waals surface area contributed by atoms with Gasteiger partial charge in [0.25, 0.3) is 0 Å². The van der Waals surface area contributed by atoms with Crippen LogP contribution in [-0.4, -0.2) is 17.4 Å². The zero-order chi connectivity index (χ0) is 13.1. The lowest BCUT2D eigenvalue weighted by Gasteiger charge is -2.14. The van der Waals surface area contributed by atoms with Crippen molar-refractivity contribution < 1.29 is 27.8 Å². The zero-order valence-electron chi connectivity index (χ0n) is 8.99. The van der Waals surface area contributed by atoms with Gasteiger partial charge in [-0.3, -0.25) is 4.79 Å². The number of rotatable bonds is 4. The highest BCUT2D eigenvalue weighted by Crippen LogP contribution is 2.27. The fraction of sp³-hybridized carbons (Fsp3) is 0.364. The summed E-state index contributed by atoms with van der Waals surface area (Å²) in [6, 6.07) is 5.51. The van der Waals surface area contributed by atoms with Crippen LogP contribution in [0, 0.1) is 5.92 Å². The van der Waals surface area contributed by atoms with Crippen molar-refractivity contribution in [3.8, 4) is 5.75 Å². The molecule has 0 aliphatic heterocycles. The topological polar surface area (TPSA) is 46.5 Å². The van der Waals surface area contributed by atoms with Crippen LogP contribution in [-0.2, 0) is 11.2 Å². The summed E-state index contributed by atoms with van der Waals surface area (Å²) >= 11 is 0. The van der Waals surface area contributed by atoms with E-state index in [2.05, 4.69) is 4.74 Å². The number of carboxylic acid groups (broad SMARTS) is 1. The van der Waals surface area contributed by atoms with Crippen molar-refractivity contribution in [3.05, 3.63) is 29.8 Å². The molecule has 0 amide bonds. The van der Waals surface area contributed by atoms with Gasteiger partial charge in [-0.05, 0) is 18.1 Å². The van der Waals surface area contributed by atoms with E-state index in [1.165, 1.54) is 25.1 Å². The molecule has 0 spiro atoms. The fourth-order valence-corrected chi connectivity index (χ4v) is 1.31. The van der Waals surface area contributed by atoms with Crippen molar-refractivity contribution in [2.24, 2.45) is 5.92 Å². The van der Waals surface area contributed by atoms with E-state index in [0.717, 1.165) is 6.07 Å². The first-order valence-corrected chi connectivity index (χ1v) is 4.86. The average Bonchev–Trinajstić information content (AvgIpc) is 2.18. The molecule has 6 heteroatoms. The molecule has 0 saturated carbocycles. The summed E-state index contributed by atoms with van der Waals surface area (Å²) in [5.41, 5.74) is 0.222. The SMILES string of the molecule is CC(Cc1ccccc1OC(F)(F)F)C(=O)O. The van der Waals surface area contributed by atoms with Crippen LogP contribution in [0.15, 0.2) is 24.3 Å². The minimum Gasteiger partial charge on any atom is -0.481 e. The molecular weight excluding hydrogens is 237 g/mol. The number of aliphatic carboxylic acids is 1. The number of para-hydroxylation sites is 1. The number of hydrogen-bond donors (Lipinski definition) is 1. The van der Waals surface area contributed by atoms with Crippen LogP contribution in [0.3, 0.4) is 0 Å². The van der Waals surface area contributed by atoms with Crippen molar-refractivity contribution in [2.75, 3.05) is 0 Å². The van der Waals surface area contributed by atoms with Gasteiger partial charge in [0.15, 0.2) is 0 Å². The van der Waals surface area contributed by atoms with Crippen LogP contribution in [0.25, 0.3) is 0 Å². The minimum atomic E-state index is -4.78.